The van der Waals surface area contributed by atoms with Crippen molar-refractivity contribution in [2.24, 2.45) is 10.8 Å². The van der Waals surface area contributed by atoms with E-state index in [4.69, 9.17) is 15.2 Å². The number of hydrogen-bond acceptors (Lipinski definition) is 6. The van der Waals surface area contributed by atoms with Gasteiger partial charge in [0.1, 0.15) is 11.8 Å². The first-order chi connectivity index (χ1) is 14.4. The number of ether oxygens (including phenoxy) is 2. The number of amides is 2. The summed E-state index contributed by atoms with van der Waals surface area (Å²) in [6, 6.07) is 14.2. The number of likely N-dealkylation sites (N-methyl/N-ethyl adjacent to an activating group) is 1. The van der Waals surface area contributed by atoms with Gasteiger partial charge >= 0.3 is 0 Å². The van der Waals surface area contributed by atoms with Crippen molar-refractivity contribution in [3.63, 3.8) is 0 Å². The summed E-state index contributed by atoms with van der Waals surface area (Å²) in [5.41, 5.74) is 7.60. The minimum absolute atomic E-state index is 0.184. The van der Waals surface area contributed by atoms with Gasteiger partial charge in [-0.25, -0.2) is 0 Å². The van der Waals surface area contributed by atoms with Gasteiger partial charge in [0.15, 0.2) is 11.5 Å². The van der Waals surface area contributed by atoms with Crippen LogP contribution in [0.5, 0.6) is 11.5 Å². The minimum Gasteiger partial charge on any atom is -0.493 e. The van der Waals surface area contributed by atoms with Gasteiger partial charge in [0.05, 0.1) is 19.9 Å². The molecule has 3 rings (SSSR count). The molecule has 2 aromatic rings. The molecule has 8 heteroatoms. The molecule has 0 spiro atoms. The number of methoxy groups -OCH3 is 2. The molecule has 1 atom stereocenters. The number of carbonyl (C=O) groups excluding carboxylic acids is 2. The lowest BCUT2D eigenvalue weighted by Crippen LogP contribution is -2.40. The molecule has 0 aromatic heterocycles. The van der Waals surface area contributed by atoms with Crippen LogP contribution in [0, 0.1) is 0 Å². The molecule has 2 aromatic carbocycles. The van der Waals surface area contributed by atoms with Crippen LogP contribution in [0.2, 0.25) is 0 Å². The van der Waals surface area contributed by atoms with E-state index in [0.29, 0.717) is 30.2 Å². The molecular formula is C22H26N4O4. The first-order valence-corrected chi connectivity index (χ1v) is 9.62. The Balaban J connectivity index is 1.69. The lowest BCUT2D eigenvalue weighted by molar-refractivity contribution is -0.122. The molecule has 1 heterocycles. The van der Waals surface area contributed by atoms with E-state index in [1.807, 2.05) is 48.5 Å². The fourth-order valence-corrected chi connectivity index (χ4v) is 3.33. The third-order valence-electron chi connectivity index (χ3n) is 5.04. The number of hydrazone groups is 1. The smallest absolute Gasteiger partial charge is 0.269 e. The van der Waals surface area contributed by atoms with E-state index < -0.39 is 11.9 Å². The summed E-state index contributed by atoms with van der Waals surface area (Å²) in [6.07, 6.45) is 0.821. The molecule has 2 amide bonds. The monoisotopic (exact) mass is 410 g/mol. The van der Waals surface area contributed by atoms with Crippen molar-refractivity contribution in [2.75, 3.05) is 32.8 Å². The maximum Gasteiger partial charge on any atom is 0.269 e. The number of benzene rings is 2. The first-order valence-electron chi connectivity index (χ1n) is 9.62. The van der Waals surface area contributed by atoms with Gasteiger partial charge < -0.3 is 20.1 Å². The number of rotatable bonds is 8. The summed E-state index contributed by atoms with van der Waals surface area (Å²) in [5, 5.41) is 5.93. The largest absolute Gasteiger partial charge is 0.493 e. The first kappa shape index (κ1) is 21.2. The third kappa shape index (κ3) is 4.53. The summed E-state index contributed by atoms with van der Waals surface area (Å²) >= 11 is 0. The topological polar surface area (TPSA) is 97.5 Å². The van der Waals surface area contributed by atoms with Crippen molar-refractivity contribution in [3.05, 3.63) is 54.1 Å². The maximum absolute atomic E-state index is 12.9. The van der Waals surface area contributed by atoms with Crippen molar-refractivity contribution in [3.8, 4) is 11.5 Å². The number of hydrogen-bond donors (Lipinski definition) is 1. The predicted molar refractivity (Wildman–Crippen MR) is 115 cm³/mol. The quantitative estimate of drug-likeness (QED) is 0.716. The molecule has 1 aliphatic heterocycles. The van der Waals surface area contributed by atoms with Gasteiger partial charge in [-0.15, -0.1) is 0 Å². The number of para-hydroxylation sites is 1. The summed E-state index contributed by atoms with van der Waals surface area (Å²) in [4.78, 5) is 26.4. The molecule has 2 N–H and O–H groups in total. The van der Waals surface area contributed by atoms with Crippen LogP contribution in [0.3, 0.4) is 0 Å². The predicted octanol–water partition coefficient (Wildman–Crippen LogP) is 1.82. The van der Waals surface area contributed by atoms with Gasteiger partial charge in [-0.2, -0.15) is 5.10 Å². The molecule has 1 unspecified atom stereocenters. The average Bonchev–Trinajstić information content (AvgIpc) is 3.23. The van der Waals surface area contributed by atoms with Gasteiger partial charge in [0.2, 0.25) is 5.91 Å². The van der Waals surface area contributed by atoms with E-state index in [2.05, 4.69) is 5.10 Å². The van der Waals surface area contributed by atoms with Gasteiger partial charge in [-0.3, -0.25) is 14.6 Å². The SMILES string of the molecule is COc1ccc(CCN(C)C(=O)C2=NN(c3ccccc3)C(C(N)=O)C2)cc1OC. The number of anilines is 1. The van der Waals surface area contributed by atoms with Crippen molar-refractivity contribution in [1.29, 1.82) is 0 Å². The Bertz CT molecular complexity index is 945. The van der Waals surface area contributed by atoms with Crippen LogP contribution in [0.25, 0.3) is 0 Å². The maximum atomic E-state index is 12.9. The molecule has 0 saturated carbocycles. The number of carbonyl (C=O) groups is 2. The molecule has 158 valence electrons. The molecule has 0 aliphatic carbocycles. The van der Waals surface area contributed by atoms with Gasteiger partial charge in [0.25, 0.3) is 5.91 Å². The Hall–Kier alpha value is -3.55. The van der Waals surface area contributed by atoms with Crippen molar-refractivity contribution < 1.29 is 19.1 Å². The summed E-state index contributed by atoms with van der Waals surface area (Å²) in [6.45, 7) is 0.486. The van der Waals surface area contributed by atoms with E-state index in [-0.39, 0.29) is 12.3 Å². The van der Waals surface area contributed by atoms with E-state index in [1.165, 1.54) is 5.01 Å². The molecule has 0 bridgehead atoms. The van der Waals surface area contributed by atoms with Gasteiger partial charge in [0, 0.05) is 20.0 Å². The lowest BCUT2D eigenvalue weighted by atomic mass is 10.1. The summed E-state index contributed by atoms with van der Waals surface area (Å²) in [5.74, 6) is 0.565. The van der Waals surface area contributed by atoms with Crippen molar-refractivity contribution in [1.82, 2.24) is 4.90 Å². The van der Waals surface area contributed by atoms with Crippen molar-refractivity contribution >= 4 is 23.2 Å². The molecule has 0 saturated heterocycles. The lowest BCUT2D eigenvalue weighted by Gasteiger charge is -2.20. The molecule has 8 nitrogen and oxygen atoms in total. The Kier molecular flexibility index (Phi) is 6.56. The second-order valence-corrected chi connectivity index (χ2v) is 7.02. The molecule has 0 fully saturated rings. The Labute approximate surface area is 175 Å². The normalized spacial score (nSPS) is 15.5. The third-order valence-corrected chi connectivity index (χ3v) is 5.04. The second-order valence-electron chi connectivity index (χ2n) is 7.02. The minimum atomic E-state index is -0.675. The van der Waals surface area contributed by atoms with E-state index in [1.54, 1.807) is 26.2 Å². The Morgan fingerprint density at radius 1 is 1.13 bits per heavy atom. The standard InChI is InChI=1S/C22H26N4O4/c1-25(12-11-15-9-10-19(29-2)20(13-15)30-3)22(28)17-14-18(21(23)27)26(24-17)16-7-5-4-6-8-16/h4-10,13,18H,11-12,14H2,1-3H3,(H2,23,27). The number of nitrogens with two attached hydrogens (primary N) is 1. The molecule has 1 aliphatic rings. The highest BCUT2D eigenvalue weighted by Crippen LogP contribution is 2.28. The van der Waals surface area contributed by atoms with E-state index in [9.17, 15) is 9.59 Å². The number of primary amides is 1. The summed E-state index contributed by atoms with van der Waals surface area (Å²) in [7, 11) is 4.89. The van der Waals surface area contributed by atoms with Crippen LogP contribution in [0.1, 0.15) is 12.0 Å². The van der Waals surface area contributed by atoms with E-state index in [0.717, 1.165) is 11.3 Å². The highest BCUT2D eigenvalue weighted by atomic mass is 16.5. The summed E-state index contributed by atoms with van der Waals surface area (Å²) < 4.78 is 10.6. The average molecular weight is 410 g/mol. The zero-order chi connectivity index (χ0) is 21.7. The van der Waals surface area contributed by atoms with Crippen LogP contribution < -0.4 is 20.2 Å². The fraction of sp³-hybridized carbons (Fsp3) is 0.318. The highest BCUT2D eigenvalue weighted by Gasteiger charge is 2.35. The molecule has 30 heavy (non-hydrogen) atoms. The van der Waals surface area contributed by atoms with Crippen LogP contribution in [0.4, 0.5) is 5.69 Å². The van der Waals surface area contributed by atoms with Crippen molar-refractivity contribution in [2.45, 2.75) is 18.9 Å². The van der Waals surface area contributed by atoms with Crippen LogP contribution in [0.15, 0.2) is 53.6 Å². The van der Waals surface area contributed by atoms with Crippen LogP contribution in [-0.2, 0) is 16.0 Å². The van der Waals surface area contributed by atoms with Gasteiger partial charge in [-0.05, 0) is 36.2 Å². The molecule has 0 radical (unpaired) electrons. The van der Waals surface area contributed by atoms with Gasteiger partial charge in [-0.1, -0.05) is 24.3 Å². The highest BCUT2D eigenvalue weighted by molar-refractivity contribution is 6.40. The van der Waals surface area contributed by atoms with E-state index >= 15 is 0 Å². The number of nitrogens with zero attached hydrogens (tertiary/aromatic N) is 3. The zero-order valence-electron chi connectivity index (χ0n) is 17.4. The second kappa shape index (κ2) is 9.30. The zero-order valence-corrected chi connectivity index (χ0v) is 17.4. The van der Waals surface area contributed by atoms with Crippen LogP contribution >= 0.6 is 0 Å². The fourth-order valence-electron chi connectivity index (χ4n) is 3.33. The van der Waals surface area contributed by atoms with Crippen LogP contribution in [-0.4, -0.2) is 56.3 Å². The molecular weight excluding hydrogens is 384 g/mol. The Morgan fingerprint density at radius 2 is 1.83 bits per heavy atom. The Morgan fingerprint density at radius 3 is 2.47 bits per heavy atom.